The minimum atomic E-state index is -0.567. The van der Waals surface area contributed by atoms with Crippen molar-refractivity contribution in [3.05, 3.63) is 64.7 Å². The van der Waals surface area contributed by atoms with E-state index in [0.717, 1.165) is 5.56 Å². The van der Waals surface area contributed by atoms with Crippen molar-refractivity contribution in [2.75, 3.05) is 23.9 Å². The number of carbonyl (C=O) groups excluding carboxylic acids is 3. The molecule has 2 rings (SSSR count). The number of carbonyl (C=O) groups is 3. The van der Waals surface area contributed by atoms with E-state index in [4.69, 9.17) is 21.1 Å². The first-order valence-electron chi connectivity index (χ1n) is 8.85. The van der Waals surface area contributed by atoms with Crippen molar-refractivity contribution < 1.29 is 23.9 Å². The maximum Gasteiger partial charge on any atom is 0.339 e. The Labute approximate surface area is 178 Å². The molecule has 29 heavy (non-hydrogen) atoms. The summed E-state index contributed by atoms with van der Waals surface area (Å²) < 4.78 is 10.1. The first kappa shape index (κ1) is 22.8. The molecule has 0 aliphatic heterocycles. The van der Waals surface area contributed by atoms with Crippen molar-refractivity contribution in [3.63, 3.8) is 0 Å². The molecule has 0 radical (unpaired) electrons. The van der Waals surface area contributed by atoms with Crippen LogP contribution in [-0.2, 0) is 25.5 Å². The molecule has 0 heterocycles. The summed E-state index contributed by atoms with van der Waals surface area (Å²) in [5.74, 6) is -0.648. The second-order valence-corrected chi connectivity index (χ2v) is 7.63. The van der Waals surface area contributed by atoms with Crippen LogP contribution in [-0.4, -0.2) is 42.6 Å². The first-order valence-corrected chi connectivity index (χ1v) is 10.4. The average Bonchev–Trinajstić information content (AvgIpc) is 2.68. The molecule has 154 valence electrons. The van der Waals surface area contributed by atoms with Crippen molar-refractivity contribution in [1.29, 1.82) is 0 Å². The average molecular weight is 436 g/mol. The fourth-order valence-electron chi connectivity index (χ4n) is 2.62. The summed E-state index contributed by atoms with van der Waals surface area (Å²) in [6.45, 7) is 1.36. The van der Waals surface area contributed by atoms with Gasteiger partial charge in [-0.2, -0.15) is 0 Å². The summed E-state index contributed by atoms with van der Waals surface area (Å²) in [5.41, 5.74) is 1.55. The van der Waals surface area contributed by atoms with E-state index in [2.05, 4.69) is 5.32 Å². The predicted molar refractivity (Wildman–Crippen MR) is 114 cm³/mol. The lowest BCUT2D eigenvalue weighted by Gasteiger charge is -2.17. The third-order valence-electron chi connectivity index (χ3n) is 3.84. The quantitative estimate of drug-likeness (QED) is 0.600. The van der Waals surface area contributed by atoms with Crippen molar-refractivity contribution in [2.45, 2.75) is 19.4 Å². The van der Waals surface area contributed by atoms with Crippen LogP contribution in [0.1, 0.15) is 22.8 Å². The third kappa shape index (κ3) is 7.79. The fraction of sp³-hybridized carbons (Fsp3) is 0.286. The maximum atomic E-state index is 12.3. The molecular formula is C21H22ClNO5S. The number of hydrogen-bond acceptors (Lipinski definition) is 6. The highest BCUT2D eigenvalue weighted by Gasteiger charge is 2.17. The molecular weight excluding hydrogens is 414 g/mol. The summed E-state index contributed by atoms with van der Waals surface area (Å²) >= 11 is 7.30. The molecule has 0 saturated heterocycles. The van der Waals surface area contributed by atoms with Gasteiger partial charge in [0.05, 0.1) is 24.1 Å². The van der Waals surface area contributed by atoms with E-state index in [-0.39, 0.29) is 35.0 Å². The zero-order chi connectivity index (χ0) is 21.2. The van der Waals surface area contributed by atoms with Gasteiger partial charge < -0.3 is 14.8 Å². The lowest BCUT2D eigenvalue weighted by Crippen LogP contribution is -2.23. The molecule has 6 nitrogen and oxygen atoms in total. The van der Waals surface area contributed by atoms with Crippen LogP contribution >= 0.6 is 23.4 Å². The molecule has 0 saturated carbocycles. The lowest BCUT2D eigenvalue weighted by molar-refractivity contribution is -0.145. The Balaban J connectivity index is 1.93. The Morgan fingerprint density at radius 3 is 2.52 bits per heavy atom. The van der Waals surface area contributed by atoms with Crippen LogP contribution in [0.4, 0.5) is 5.69 Å². The molecule has 1 unspecified atom stereocenters. The molecule has 0 bridgehead atoms. The summed E-state index contributed by atoms with van der Waals surface area (Å²) in [7, 11) is 1.26. The monoisotopic (exact) mass is 435 g/mol. The van der Waals surface area contributed by atoms with Gasteiger partial charge in [-0.05, 0) is 23.8 Å². The van der Waals surface area contributed by atoms with E-state index in [1.807, 2.05) is 30.3 Å². The molecule has 1 atom stereocenters. The highest BCUT2D eigenvalue weighted by molar-refractivity contribution is 8.00. The summed E-state index contributed by atoms with van der Waals surface area (Å²) in [4.78, 5) is 35.5. The van der Waals surface area contributed by atoms with E-state index >= 15 is 0 Å². The fourth-order valence-corrected chi connectivity index (χ4v) is 3.62. The Kier molecular flexibility index (Phi) is 9.02. The first-order chi connectivity index (χ1) is 13.9. The van der Waals surface area contributed by atoms with Gasteiger partial charge in [-0.3, -0.25) is 9.59 Å². The van der Waals surface area contributed by atoms with Crippen LogP contribution < -0.4 is 5.32 Å². The topological polar surface area (TPSA) is 81.7 Å². The third-order valence-corrected chi connectivity index (χ3v) is 5.15. The van der Waals surface area contributed by atoms with Gasteiger partial charge in [0.15, 0.2) is 0 Å². The standard InChI is InChI=1S/C21H22ClNO5S/c1-14(24)28-17(10-15-6-4-3-5-7-15)12-29-13-20(25)23-19-11-16(22)8-9-18(19)21(26)27-2/h3-9,11,17H,10,12-13H2,1-2H3,(H,23,25). The van der Waals surface area contributed by atoms with Gasteiger partial charge in [0.1, 0.15) is 6.10 Å². The van der Waals surface area contributed by atoms with Crippen molar-refractivity contribution in [1.82, 2.24) is 0 Å². The molecule has 1 amide bonds. The van der Waals surface area contributed by atoms with Gasteiger partial charge in [0.2, 0.25) is 5.91 Å². The number of ether oxygens (including phenoxy) is 2. The van der Waals surface area contributed by atoms with Crippen LogP contribution in [0, 0.1) is 0 Å². The number of hydrogen-bond donors (Lipinski definition) is 1. The Morgan fingerprint density at radius 2 is 1.86 bits per heavy atom. The number of amides is 1. The zero-order valence-corrected chi connectivity index (χ0v) is 17.7. The second kappa shape index (κ2) is 11.5. The van der Waals surface area contributed by atoms with Crippen molar-refractivity contribution in [2.24, 2.45) is 0 Å². The van der Waals surface area contributed by atoms with Crippen LogP contribution in [0.15, 0.2) is 48.5 Å². The SMILES string of the molecule is COC(=O)c1ccc(Cl)cc1NC(=O)CSCC(Cc1ccccc1)OC(C)=O. The van der Waals surface area contributed by atoms with Crippen LogP contribution in [0.25, 0.3) is 0 Å². The molecule has 0 fully saturated rings. The second-order valence-electron chi connectivity index (χ2n) is 6.17. The number of rotatable bonds is 9. The van der Waals surface area contributed by atoms with E-state index in [1.165, 1.54) is 37.9 Å². The molecule has 2 aromatic rings. The Morgan fingerprint density at radius 1 is 1.14 bits per heavy atom. The van der Waals surface area contributed by atoms with Gasteiger partial charge >= 0.3 is 11.9 Å². The molecule has 1 N–H and O–H groups in total. The number of benzene rings is 2. The van der Waals surface area contributed by atoms with Crippen LogP contribution in [0.5, 0.6) is 0 Å². The Hall–Kier alpha value is -2.51. The number of anilines is 1. The van der Waals surface area contributed by atoms with Crippen molar-refractivity contribution in [3.8, 4) is 0 Å². The molecule has 0 spiro atoms. The summed E-state index contributed by atoms with van der Waals surface area (Å²) in [6, 6.07) is 14.2. The largest absolute Gasteiger partial charge is 0.465 e. The Bertz CT molecular complexity index is 859. The number of thioether (sulfide) groups is 1. The van der Waals surface area contributed by atoms with Crippen LogP contribution in [0.3, 0.4) is 0 Å². The van der Waals surface area contributed by atoms with Gasteiger partial charge in [0.25, 0.3) is 0 Å². The number of halogens is 1. The predicted octanol–water partition coefficient (Wildman–Crippen LogP) is 3.97. The minimum Gasteiger partial charge on any atom is -0.465 e. The lowest BCUT2D eigenvalue weighted by atomic mass is 10.1. The van der Waals surface area contributed by atoms with E-state index in [0.29, 0.717) is 17.2 Å². The molecule has 0 aromatic heterocycles. The highest BCUT2D eigenvalue weighted by Crippen LogP contribution is 2.22. The minimum absolute atomic E-state index is 0.125. The molecule has 2 aromatic carbocycles. The van der Waals surface area contributed by atoms with Gasteiger partial charge in [-0.15, -0.1) is 11.8 Å². The van der Waals surface area contributed by atoms with E-state index in [9.17, 15) is 14.4 Å². The zero-order valence-electron chi connectivity index (χ0n) is 16.1. The van der Waals surface area contributed by atoms with Gasteiger partial charge in [0, 0.05) is 24.1 Å². The number of esters is 2. The molecule has 8 heteroatoms. The normalized spacial score (nSPS) is 11.4. The van der Waals surface area contributed by atoms with Crippen molar-refractivity contribution >= 4 is 46.9 Å². The molecule has 0 aliphatic rings. The smallest absolute Gasteiger partial charge is 0.339 e. The molecule has 0 aliphatic carbocycles. The maximum absolute atomic E-state index is 12.3. The van der Waals surface area contributed by atoms with Gasteiger partial charge in [-0.25, -0.2) is 4.79 Å². The van der Waals surface area contributed by atoms with Crippen LogP contribution in [0.2, 0.25) is 5.02 Å². The van der Waals surface area contributed by atoms with E-state index in [1.54, 1.807) is 6.07 Å². The highest BCUT2D eigenvalue weighted by atomic mass is 35.5. The van der Waals surface area contributed by atoms with E-state index < -0.39 is 5.97 Å². The number of nitrogens with one attached hydrogen (secondary N) is 1. The summed E-state index contributed by atoms with van der Waals surface area (Å²) in [6.07, 6.45) is 0.222. The van der Waals surface area contributed by atoms with Gasteiger partial charge in [-0.1, -0.05) is 41.9 Å². The summed E-state index contributed by atoms with van der Waals surface area (Å²) in [5, 5.41) is 3.07. The number of methoxy groups -OCH3 is 1.